The van der Waals surface area contributed by atoms with E-state index in [4.69, 9.17) is 4.74 Å². The van der Waals surface area contributed by atoms with Gasteiger partial charge in [0.15, 0.2) is 0 Å². The van der Waals surface area contributed by atoms with Crippen molar-refractivity contribution in [1.82, 2.24) is 15.3 Å². The molecule has 5 heteroatoms. The van der Waals surface area contributed by atoms with E-state index in [1.165, 1.54) is 25.7 Å². The molecule has 0 atom stereocenters. The fraction of sp³-hybridized carbons (Fsp3) is 0.714. The van der Waals surface area contributed by atoms with Gasteiger partial charge < -0.3 is 15.0 Å². The highest BCUT2D eigenvalue weighted by atomic mass is 16.5. The highest BCUT2D eigenvalue weighted by Crippen LogP contribution is 2.29. The molecule has 2 aliphatic rings. The Bertz CT molecular complexity index is 400. The normalized spacial score (nSPS) is 18.6. The highest BCUT2D eigenvalue weighted by molar-refractivity contribution is 5.34. The molecule has 5 nitrogen and oxygen atoms in total. The van der Waals surface area contributed by atoms with E-state index in [-0.39, 0.29) is 0 Å². The van der Waals surface area contributed by atoms with Crippen LogP contribution in [0.15, 0.2) is 12.4 Å². The van der Waals surface area contributed by atoms with Crippen molar-refractivity contribution in [2.75, 3.05) is 25.2 Å². The van der Waals surface area contributed by atoms with Crippen molar-refractivity contribution < 1.29 is 4.74 Å². The summed E-state index contributed by atoms with van der Waals surface area (Å²) in [6.07, 6.45) is 9.01. The van der Waals surface area contributed by atoms with Gasteiger partial charge in [-0.1, -0.05) is 0 Å². The summed E-state index contributed by atoms with van der Waals surface area (Å²) in [7, 11) is 1.73. The van der Waals surface area contributed by atoms with Gasteiger partial charge in [-0.05, 0) is 25.7 Å². The predicted molar refractivity (Wildman–Crippen MR) is 74.1 cm³/mol. The van der Waals surface area contributed by atoms with E-state index in [1.807, 2.05) is 12.4 Å². The molecule has 104 valence electrons. The fourth-order valence-electron chi connectivity index (χ4n) is 2.16. The number of ether oxygens (including phenoxy) is 1. The van der Waals surface area contributed by atoms with E-state index in [1.54, 1.807) is 7.11 Å². The molecular weight excluding hydrogens is 240 g/mol. The van der Waals surface area contributed by atoms with Crippen LogP contribution in [0.3, 0.4) is 0 Å². The summed E-state index contributed by atoms with van der Waals surface area (Å²) in [6.45, 7) is 2.48. The van der Waals surface area contributed by atoms with E-state index in [0.29, 0.717) is 6.04 Å². The van der Waals surface area contributed by atoms with Crippen LogP contribution in [-0.2, 0) is 11.3 Å². The van der Waals surface area contributed by atoms with Gasteiger partial charge in [-0.3, -0.25) is 0 Å². The number of nitrogens with zero attached hydrogens (tertiary/aromatic N) is 3. The molecular formula is C14H22N4O. The highest BCUT2D eigenvalue weighted by Gasteiger charge is 2.30. The molecule has 0 spiro atoms. The molecule has 1 aromatic heterocycles. The number of anilines is 1. The summed E-state index contributed by atoms with van der Waals surface area (Å²) in [4.78, 5) is 11.3. The van der Waals surface area contributed by atoms with Crippen LogP contribution in [0.5, 0.6) is 0 Å². The number of methoxy groups -OCH3 is 1. The first kappa shape index (κ1) is 12.8. The summed E-state index contributed by atoms with van der Waals surface area (Å²) in [5.41, 5.74) is 1.16. The van der Waals surface area contributed by atoms with Gasteiger partial charge in [-0.15, -0.1) is 0 Å². The van der Waals surface area contributed by atoms with Crippen LogP contribution in [0.25, 0.3) is 0 Å². The Labute approximate surface area is 114 Å². The summed E-state index contributed by atoms with van der Waals surface area (Å²) >= 11 is 0. The lowest BCUT2D eigenvalue weighted by molar-refractivity contribution is 0.204. The van der Waals surface area contributed by atoms with Gasteiger partial charge in [0.1, 0.15) is 0 Å². The average molecular weight is 262 g/mol. The van der Waals surface area contributed by atoms with Gasteiger partial charge in [0, 0.05) is 50.2 Å². The van der Waals surface area contributed by atoms with Crippen LogP contribution in [0.1, 0.15) is 31.2 Å². The molecule has 2 saturated carbocycles. The Morgan fingerprint density at radius 3 is 2.58 bits per heavy atom. The quantitative estimate of drug-likeness (QED) is 0.766. The first-order chi connectivity index (χ1) is 9.36. The lowest BCUT2D eigenvalue weighted by atomic mass is 10.3. The van der Waals surface area contributed by atoms with Gasteiger partial charge in [0.25, 0.3) is 0 Å². The molecule has 0 aromatic carbocycles. The Kier molecular flexibility index (Phi) is 3.94. The van der Waals surface area contributed by atoms with E-state index in [9.17, 15) is 0 Å². The predicted octanol–water partition coefficient (Wildman–Crippen LogP) is 1.34. The standard InChI is InChI=1S/C14H22N4O/c1-19-7-6-18(13-4-5-13)14-16-9-11(10-17-14)8-15-12-2-3-12/h9-10,12-13,15H,2-8H2,1H3. The second kappa shape index (κ2) is 5.84. The molecule has 0 bridgehead atoms. The minimum atomic E-state index is 0.616. The molecule has 0 saturated heterocycles. The molecule has 0 amide bonds. The maximum absolute atomic E-state index is 5.16. The molecule has 0 aliphatic heterocycles. The second-order valence-corrected chi connectivity index (χ2v) is 5.46. The number of hydrogen-bond acceptors (Lipinski definition) is 5. The van der Waals surface area contributed by atoms with Crippen molar-refractivity contribution in [2.45, 2.75) is 44.3 Å². The van der Waals surface area contributed by atoms with Crippen molar-refractivity contribution in [3.05, 3.63) is 18.0 Å². The van der Waals surface area contributed by atoms with E-state index in [2.05, 4.69) is 20.2 Å². The minimum absolute atomic E-state index is 0.616. The molecule has 1 heterocycles. The SMILES string of the molecule is COCCN(c1ncc(CNC2CC2)cn1)C1CC1. The number of nitrogens with one attached hydrogen (secondary N) is 1. The first-order valence-corrected chi connectivity index (χ1v) is 7.16. The molecule has 3 rings (SSSR count). The van der Waals surface area contributed by atoms with E-state index in [0.717, 1.165) is 37.3 Å². The summed E-state index contributed by atoms with van der Waals surface area (Å²) in [5.74, 6) is 0.842. The fourth-order valence-corrected chi connectivity index (χ4v) is 2.16. The van der Waals surface area contributed by atoms with Crippen LogP contribution in [-0.4, -0.2) is 42.3 Å². The van der Waals surface area contributed by atoms with Crippen molar-refractivity contribution in [3.63, 3.8) is 0 Å². The Hall–Kier alpha value is -1.20. The van der Waals surface area contributed by atoms with Gasteiger partial charge in [0.05, 0.1) is 6.61 Å². The Morgan fingerprint density at radius 1 is 1.26 bits per heavy atom. The van der Waals surface area contributed by atoms with Gasteiger partial charge >= 0.3 is 0 Å². The van der Waals surface area contributed by atoms with Gasteiger partial charge in [0.2, 0.25) is 5.95 Å². The minimum Gasteiger partial charge on any atom is -0.383 e. The van der Waals surface area contributed by atoms with Crippen molar-refractivity contribution >= 4 is 5.95 Å². The van der Waals surface area contributed by atoms with Crippen molar-refractivity contribution in [2.24, 2.45) is 0 Å². The van der Waals surface area contributed by atoms with E-state index < -0.39 is 0 Å². The van der Waals surface area contributed by atoms with Gasteiger partial charge in [-0.2, -0.15) is 0 Å². The van der Waals surface area contributed by atoms with E-state index >= 15 is 0 Å². The number of rotatable bonds is 8. The van der Waals surface area contributed by atoms with Crippen LogP contribution < -0.4 is 10.2 Å². The summed E-state index contributed by atoms with van der Waals surface area (Å²) < 4.78 is 5.16. The number of hydrogen-bond donors (Lipinski definition) is 1. The molecule has 19 heavy (non-hydrogen) atoms. The maximum Gasteiger partial charge on any atom is 0.225 e. The third-order valence-corrected chi connectivity index (χ3v) is 3.64. The molecule has 1 aromatic rings. The zero-order valence-electron chi connectivity index (χ0n) is 11.5. The average Bonchev–Trinajstić information content (AvgIpc) is 3.31. The third-order valence-electron chi connectivity index (χ3n) is 3.64. The Balaban J connectivity index is 1.58. The number of aromatic nitrogens is 2. The summed E-state index contributed by atoms with van der Waals surface area (Å²) in [6, 6.07) is 1.34. The van der Waals surface area contributed by atoms with Crippen molar-refractivity contribution in [1.29, 1.82) is 0 Å². The smallest absolute Gasteiger partial charge is 0.225 e. The van der Waals surface area contributed by atoms with Crippen LogP contribution in [0.4, 0.5) is 5.95 Å². The van der Waals surface area contributed by atoms with Crippen LogP contribution >= 0.6 is 0 Å². The van der Waals surface area contributed by atoms with Crippen LogP contribution in [0.2, 0.25) is 0 Å². The lowest BCUT2D eigenvalue weighted by Gasteiger charge is -2.21. The largest absolute Gasteiger partial charge is 0.383 e. The van der Waals surface area contributed by atoms with Gasteiger partial charge in [-0.25, -0.2) is 9.97 Å². The second-order valence-electron chi connectivity index (χ2n) is 5.46. The molecule has 0 radical (unpaired) electrons. The molecule has 1 N–H and O–H groups in total. The molecule has 2 aliphatic carbocycles. The third kappa shape index (κ3) is 3.64. The zero-order chi connectivity index (χ0) is 13.1. The monoisotopic (exact) mass is 262 g/mol. The van der Waals surface area contributed by atoms with Crippen molar-refractivity contribution in [3.8, 4) is 0 Å². The Morgan fingerprint density at radius 2 is 2.00 bits per heavy atom. The molecule has 2 fully saturated rings. The summed E-state index contributed by atoms with van der Waals surface area (Å²) in [5, 5.41) is 3.48. The first-order valence-electron chi connectivity index (χ1n) is 7.16. The molecule has 0 unspecified atom stereocenters. The zero-order valence-corrected chi connectivity index (χ0v) is 11.5. The lowest BCUT2D eigenvalue weighted by Crippen LogP contribution is -2.31. The van der Waals surface area contributed by atoms with Crippen LogP contribution in [0, 0.1) is 0 Å². The topological polar surface area (TPSA) is 50.3 Å². The maximum atomic E-state index is 5.16.